The van der Waals surface area contributed by atoms with Crippen LogP contribution in [0.4, 0.5) is 5.69 Å². The van der Waals surface area contributed by atoms with E-state index in [4.69, 9.17) is 9.47 Å². The van der Waals surface area contributed by atoms with Crippen LogP contribution in [0, 0.1) is 0 Å². The van der Waals surface area contributed by atoms with Gasteiger partial charge in [-0.3, -0.25) is 0 Å². The molecular weight excluding hydrogens is 396 g/mol. The van der Waals surface area contributed by atoms with Crippen LogP contribution in [-0.2, 0) is 29.1 Å². The van der Waals surface area contributed by atoms with E-state index in [0.29, 0.717) is 18.8 Å². The molecule has 1 fully saturated rings. The van der Waals surface area contributed by atoms with E-state index in [-0.39, 0.29) is 16.2 Å². The number of sulfonamides is 1. The fourth-order valence-electron chi connectivity index (χ4n) is 3.24. The highest BCUT2D eigenvalue weighted by Crippen LogP contribution is 2.29. The summed E-state index contributed by atoms with van der Waals surface area (Å²) in [5, 5.41) is 0. The van der Waals surface area contributed by atoms with Crippen molar-refractivity contribution in [2.24, 2.45) is 0 Å². The van der Waals surface area contributed by atoms with Gasteiger partial charge in [0, 0.05) is 25.0 Å². The van der Waals surface area contributed by atoms with Gasteiger partial charge in [-0.15, -0.1) is 0 Å². The number of ether oxygens (including phenoxy) is 2. The maximum atomic E-state index is 12.9. The molecule has 0 N–H and O–H groups in total. The fourth-order valence-corrected chi connectivity index (χ4v) is 4.79. The van der Waals surface area contributed by atoms with E-state index in [1.165, 1.54) is 41.6 Å². The minimum Gasteiger partial charge on any atom is -0.465 e. The van der Waals surface area contributed by atoms with Gasteiger partial charge in [-0.2, -0.15) is 4.31 Å². The molecule has 0 atom stereocenters. The minimum atomic E-state index is -3.64. The van der Waals surface area contributed by atoms with E-state index in [0.717, 1.165) is 12.8 Å². The number of esters is 2. The molecular formula is C20H22N2O6S. The largest absolute Gasteiger partial charge is 0.465 e. The van der Waals surface area contributed by atoms with Gasteiger partial charge in [0.15, 0.2) is 0 Å². The molecule has 0 saturated carbocycles. The van der Waals surface area contributed by atoms with Gasteiger partial charge in [0.25, 0.3) is 0 Å². The lowest BCUT2D eigenvalue weighted by Crippen LogP contribution is -2.29. The molecule has 1 aromatic carbocycles. The number of rotatable bonds is 5. The lowest BCUT2D eigenvalue weighted by molar-refractivity contribution is -0.139. The molecule has 1 aromatic rings. The Balaban J connectivity index is 2.11. The van der Waals surface area contributed by atoms with Crippen molar-refractivity contribution in [3.63, 3.8) is 0 Å². The van der Waals surface area contributed by atoms with Crippen molar-refractivity contribution in [1.29, 1.82) is 0 Å². The Morgan fingerprint density at radius 2 is 1.69 bits per heavy atom. The van der Waals surface area contributed by atoms with Crippen LogP contribution < -0.4 is 4.90 Å². The molecule has 0 unspecified atom stereocenters. The van der Waals surface area contributed by atoms with Gasteiger partial charge in [0.1, 0.15) is 5.70 Å². The van der Waals surface area contributed by atoms with E-state index < -0.39 is 22.0 Å². The van der Waals surface area contributed by atoms with Gasteiger partial charge >= 0.3 is 11.9 Å². The summed E-state index contributed by atoms with van der Waals surface area (Å²) in [6.07, 6.45) is 7.87. The number of benzene rings is 1. The second kappa shape index (κ2) is 8.62. The fraction of sp³-hybridized carbons (Fsp3) is 0.300. The number of carbonyl (C=O) groups excluding carboxylic acids is 2. The monoisotopic (exact) mass is 418 g/mol. The highest BCUT2D eigenvalue weighted by Gasteiger charge is 2.30. The number of methoxy groups -OCH3 is 2. The van der Waals surface area contributed by atoms with E-state index in [9.17, 15) is 18.0 Å². The molecule has 9 heteroatoms. The summed E-state index contributed by atoms with van der Waals surface area (Å²) in [6, 6.07) is 6.23. The van der Waals surface area contributed by atoms with E-state index in [1.54, 1.807) is 30.5 Å². The summed E-state index contributed by atoms with van der Waals surface area (Å²) in [5.74, 6) is -1.47. The zero-order valence-corrected chi connectivity index (χ0v) is 17.0. The van der Waals surface area contributed by atoms with Gasteiger partial charge in [-0.25, -0.2) is 18.0 Å². The molecule has 8 nitrogen and oxygen atoms in total. The predicted octanol–water partition coefficient (Wildman–Crippen LogP) is 1.96. The average molecular weight is 418 g/mol. The first kappa shape index (κ1) is 20.8. The van der Waals surface area contributed by atoms with Crippen LogP contribution in [0.15, 0.2) is 64.9 Å². The third kappa shape index (κ3) is 4.10. The molecule has 0 spiro atoms. The van der Waals surface area contributed by atoms with Gasteiger partial charge in [-0.1, -0.05) is 12.1 Å². The molecule has 0 radical (unpaired) electrons. The highest BCUT2D eigenvalue weighted by molar-refractivity contribution is 7.89. The summed E-state index contributed by atoms with van der Waals surface area (Å²) in [5.41, 5.74) is 0.323. The number of anilines is 1. The van der Waals surface area contributed by atoms with Crippen molar-refractivity contribution in [3.05, 3.63) is 60.0 Å². The summed E-state index contributed by atoms with van der Waals surface area (Å²) in [6.45, 7) is 0.972. The molecule has 0 aliphatic carbocycles. The van der Waals surface area contributed by atoms with Crippen LogP contribution >= 0.6 is 0 Å². The third-order valence-corrected chi connectivity index (χ3v) is 6.58. The summed E-state index contributed by atoms with van der Waals surface area (Å²) in [7, 11) is -1.23. The number of carbonyl (C=O) groups is 2. The number of allylic oxidation sites excluding steroid dienone is 2. The molecule has 2 aliphatic rings. The first-order valence-corrected chi connectivity index (χ1v) is 10.5. The molecule has 0 aromatic heterocycles. The standard InChI is InChI=1S/C20H22N2O6S/c1-27-19(23)17-10-3-4-13-22(18(17)20(24)28-2)15-8-7-9-16(14-15)29(25,26)21-11-5-6-12-21/h3-4,7-10,13-14H,5-6,11-12H2,1-2H3. The Morgan fingerprint density at radius 3 is 2.34 bits per heavy atom. The van der Waals surface area contributed by atoms with E-state index in [1.807, 2.05) is 0 Å². The minimum absolute atomic E-state index is 0.00264. The summed E-state index contributed by atoms with van der Waals surface area (Å²) in [4.78, 5) is 26.3. The Morgan fingerprint density at radius 1 is 1.00 bits per heavy atom. The second-order valence-electron chi connectivity index (χ2n) is 6.42. The molecule has 154 valence electrons. The Bertz CT molecular complexity index is 1000. The number of nitrogens with zero attached hydrogens (tertiary/aromatic N) is 2. The van der Waals surface area contributed by atoms with Crippen LogP contribution in [-0.4, -0.2) is 52.0 Å². The van der Waals surface area contributed by atoms with Crippen molar-refractivity contribution in [2.75, 3.05) is 32.2 Å². The van der Waals surface area contributed by atoms with Crippen molar-refractivity contribution in [3.8, 4) is 0 Å². The zero-order chi connectivity index (χ0) is 21.0. The Labute approximate surface area is 169 Å². The van der Waals surface area contributed by atoms with Crippen LogP contribution in [0.2, 0.25) is 0 Å². The zero-order valence-electron chi connectivity index (χ0n) is 16.2. The second-order valence-corrected chi connectivity index (χ2v) is 8.36. The Kier molecular flexibility index (Phi) is 6.19. The summed E-state index contributed by atoms with van der Waals surface area (Å²) < 4.78 is 36.9. The number of hydrogen-bond donors (Lipinski definition) is 0. The molecule has 0 amide bonds. The van der Waals surface area contributed by atoms with Crippen molar-refractivity contribution < 1.29 is 27.5 Å². The molecule has 0 bridgehead atoms. The molecule has 3 rings (SSSR count). The molecule has 2 heterocycles. The lowest BCUT2D eigenvalue weighted by Gasteiger charge is -2.24. The first-order valence-electron chi connectivity index (χ1n) is 9.05. The molecule has 29 heavy (non-hydrogen) atoms. The predicted molar refractivity (Wildman–Crippen MR) is 106 cm³/mol. The summed E-state index contributed by atoms with van der Waals surface area (Å²) >= 11 is 0. The topological polar surface area (TPSA) is 93.2 Å². The van der Waals surface area contributed by atoms with Gasteiger partial charge in [0.05, 0.1) is 24.7 Å². The lowest BCUT2D eigenvalue weighted by atomic mass is 10.1. The maximum absolute atomic E-state index is 12.9. The normalized spacial score (nSPS) is 17.4. The molecule has 1 saturated heterocycles. The average Bonchev–Trinajstić information content (AvgIpc) is 3.20. The van der Waals surface area contributed by atoms with Gasteiger partial charge in [-0.05, 0) is 43.2 Å². The van der Waals surface area contributed by atoms with Gasteiger partial charge in [0.2, 0.25) is 10.0 Å². The van der Waals surface area contributed by atoms with Crippen LogP contribution in [0.1, 0.15) is 12.8 Å². The van der Waals surface area contributed by atoms with Crippen LogP contribution in [0.3, 0.4) is 0 Å². The van der Waals surface area contributed by atoms with Crippen molar-refractivity contribution in [2.45, 2.75) is 17.7 Å². The first-order chi connectivity index (χ1) is 13.9. The van der Waals surface area contributed by atoms with Crippen molar-refractivity contribution in [1.82, 2.24) is 4.31 Å². The highest BCUT2D eigenvalue weighted by atomic mass is 32.2. The molecule has 2 aliphatic heterocycles. The quantitative estimate of drug-likeness (QED) is 0.675. The van der Waals surface area contributed by atoms with Crippen LogP contribution in [0.25, 0.3) is 0 Å². The van der Waals surface area contributed by atoms with Crippen molar-refractivity contribution >= 4 is 27.6 Å². The maximum Gasteiger partial charge on any atom is 0.355 e. The SMILES string of the molecule is COC(=O)C1=C(C(=O)OC)N(c2cccc(S(=O)(=O)N3CCCC3)c2)C=CC=C1. The van der Waals surface area contributed by atoms with Crippen LogP contribution in [0.5, 0.6) is 0 Å². The Hall–Kier alpha value is -2.91. The van der Waals surface area contributed by atoms with E-state index in [2.05, 4.69) is 0 Å². The van der Waals surface area contributed by atoms with Gasteiger partial charge < -0.3 is 14.4 Å². The third-order valence-electron chi connectivity index (χ3n) is 4.69. The number of hydrogen-bond acceptors (Lipinski definition) is 7. The van der Waals surface area contributed by atoms with E-state index >= 15 is 0 Å². The smallest absolute Gasteiger partial charge is 0.355 e.